The van der Waals surface area contributed by atoms with Gasteiger partial charge >= 0.3 is 0 Å². The van der Waals surface area contributed by atoms with Crippen molar-refractivity contribution in [2.45, 2.75) is 13.0 Å². The molecule has 1 aromatic heterocycles. The number of ether oxygens (including phenoxy) is 1. The van der Waals surface area contributed by atoms with E-state index in [4.69, 9.17) is 16.3 Å². The predicted octanol–water partition coefficient (Wildman–Crippen LogP) is 2.83. The zero-order valence-corrected chi connectivity index (χ0v) is 8.13. The van der Waals surface area contributed by atoms with Gasteiger partial charge in [-0.05, 0) is 24.1 Å². The lowest BCUT2D eigenvalue weighted by atomic mass is 10.3. The molecule has 0 aromatic carbocycles. The number of aromatic nitrogens is 1. The van der Waals surface area contributed by atoms with Crippen LogP contribution in [0, 0.1) is 0 Å². The van der Waals surface area contributed by atoms with Crippen molar-refractivity contribution in [1.82, 2.24) is 4.98 Å². The van der Waals surface area contributed by atoms with Crippen molar-refractivity contribution >= 4 is 11.6 Å². The first-order valence-corrected chi connectivity index (χ1v) is 4.50. The maximum Gasteiger partial charge on any atom is 0.129 e. The van der Waals surface area contributed by atoms with Crippen LogP contribution in [0.5, 0.6) is 0 Å². The third kappa shape index (κ3) is 4.06. The quantitative estimate of drug-likeness (QED) is 0.412. The number of halogens is 1. The zero-order valence-electron chi connectivity index (χ0n) is 7.37. The summed E-state index contributed by atoms with van der Waals surface area (Å²) in [6.45, 7) is 4.89. The molecular weight excluding hydrogens is 186 g/mol. The molecule has 0 saturated carbocycles. The number of nitrogens with zero attached hydrogens (tertiary/aromatic N) is 1. The molecule has 2 nitrogen and oxygen atoms in total. The molecule has 1 rings (SSSR count). The molecule has 13 heavy (non-hydrogen) atoms. The number of pyridine rings is 1. The van der Waals surface area contributed by atoms with Crippen LogP contribution < -0.4 is 0 Å². The molecule has 0 radical (unpaired) electrons. The highest BCUT2D eigenvalue weighted by Gasteiger charge is 1.94. The van der Waals surface area contributed by atoms with Crippen LogP contribution in [-0.4, -0.2) is 11.6 Å². The van der Waals surface area contributed by atoms with Crippen molar-refractivity contribution in [2.75, 3.05) is 6.61 Å². The third-order valence-electron chi connectivity index (χ3n) is 1.53. The lowest BCUT2D eigenvalue weighted by Gasteiger charge is -2.02. The molecule has 0 saturated heterocycles. The molecule has 0 bridgehead atoms. The van der Waals surface area contributed by atoms with E-state index in [0.29, 0.717) is 18.4 Å². The molecule has 0 atom stereocenters. The maximum absolute atomic E-state index is 5.70. The van der Waals surface area contributed by atoms with Crippen molar-refractivity contribution in [2.24, 2.45) is 0 Å². The first-order valence-electron chi connectivity index (χ1n) is 4.12. The van der Waals surface area contributed by atoms with E-state index >= 15 is 0 Å². The summed E-state index contributed by atoms with van der Waals surface area (Å²) in [4.78, 5) is 3.88. The first kappa shape index (κ1) is 10.2. The minimum absolute atomic E-state index is 0.504. The van der Waals surface area contributed by atoms with Gasteiger partial charge in [0, 0.05) is 6.20 Å². The monoisotopic (exact) mass is 197 g/mol. The van der Waals surface area contributed by atoms with Gasteiger partial charge in [-0.1, -0.05) is 17.7 Å². The van der Waals surface area contributed by atoms with Crippen molar-refractivity contribution in [3.8, 4) is 0 Å². The number of hydrogen-bond donors (Lipinski definition) is 0. The molecule has 0 amide bonds. The smallest absolute Gasteiger partial charge is 0.129 e. The van der Waals surface area contributed by atoms with Gasteiger partial charge in [0.2, 0.25) is 0 Å². The van der Waals surface area contributed by atoms with Crippen LogP contribution in [0.25, 0.3) is 0 Å². The second kappa shape index (κ2) is 5.73. The van der Waals surface area contributed by atoms with Crippen molar-refractivity contribution in [3.63, 3.8) is 0 Å². The van der Waals surface area contributed by atoms with Gasteiger partial charge in [-0.25, -0.2) is 4.98 Å². The Balaban J connectivity index is 2.32. The number of hydrogen-bond acceptors (Lipinski definition) is 2. The summed E-state index contributed by atoms with van der Waals surface area (Å²) in [6, 6.07) is 3.69. The second-order valence-electron chi connectivity index (χ2n) is 2.62. The summed E-state index contributed by atoms with van der Waals surface area (Å²) in [6.07, 6.45) is 4.38. The summed E-state index contributed by atoms with van der Waals surface area (Å²) in [5.74, 6) is 0. The van der Waals surface area contributed by atoms with E-state index < -0.39 is 0 Å². The van der Waals surface area contributed by atoms with E-state index in [9.17, 15) is 0 Å². The fourth-order valence-corrected chi connectivity index (χ4v) is 1.09. The van der Waals surface area contributed by atoms with Crippen LogP contribution in [0.1, 0.15) is 12.0 Å². The lowest BCUT2D eigenvalue weighted by Crippen LogP contribution is -1.94. The van der Waals surface area contributed by atoms with Crippen LogP contribution in [-0.2, 0) is 11.3 Å². The van der Waals surface area contributed by atoms with Gasteiger partial charge in [0.05, 0.1) is 13.2 Å². The molecule has 70 valence electrons. The lowest BCUT2D eigenvalue weighted by molar-refractivity contribution is 0.125. The van der Waals surface area contributed by atoms with Gasteiger partial charge in [0.1, 0.15) is 5.15 Å². The molecule has 0 aliphatic rings. The highest BCUT2D eigenvalue weighted by Crippen LogP contribution is 2.07. The van der Waals surface area contributed by atoms with E-state index in [1.54, 1.807) is 12.3 Å². The highest BCUT2D eigenvalue weighted by molar-refractivity contribution is 6.29. The summed E-state index contributed by atoms with van der Waals surface area (Å²) >= 11 is 5.70. The summed E-state index contributed by atoms with van der Waals surface area (Å²) in [7, 11) is 0. The second-order valence-corrected chi connectivity index (χ2v) is 3.00. The molecule has 1 heterocycles. The Morgan fingerprint density at radius 2 is 2.46 bits per heavy atom. The average molecular weight is 198 g/mol. The Kier molecular flexibility index (Phi) is 4.50. The molecular formula is C10H12ClNO. The molecule has 0 aliphatic heterocycles. The minimum Gasteiger partial charge on any atom is -0.376 e. The topological polar surface area (TPSA) is 22.1 Å². The van der Waals surface area contributed by atoms with Crippen molar-refractivity contribution in [1.29, 1.82) is 0 Å². The van der Waals surface area contributed by atoms with Gasteiger partial charge in [-0.2, -0.15) is 0 Å². The van der Waals surface area contributed by atoms with Crippen molar-refractivity contribution < 1.29 is 4.74 Å². The first-order chi connectivity index (χ1) is 6.33. The fourth-order valence-electron chi connectivity index (χ4n) is 0.889. The van der Waals surface area contributed by atoms with E-state index in [-0.39, 0.29) is 0 Å². The maximum atomic E-state index is 5.70. The average Bonchev–Trinajstić information content (AvgIpc) is 2.13. The highest BCUT2D eigenvalue weighted by atomic mass is 35.5. The van der Waals surface area contributed by atoms with Crippen LogP contribution in [0.2, 0.25) is 5.15 Å². The summed E-state index contributed by atoms with van der Waals surface area (Å²) < 4.78 is 5.36. The standard InChI is InChI=1S/C10H12ClNO/c1-2-3-6-13-8-9-4-5-12-10(11)7-9/h2,4-5,7H,1,3,6,8H2. The Morgan fingerprint density at radius 1 is 1.62 bits per heavy atom. The summed E-state index contributed by atoms with van der Waals surface area (Å²) in [5, 5.41) is 0.504. The normalized spacial score (nSPS) is 9.92. The molecule has 0 fully saturated rings. The Morgan fingerprint density at radius 3 is 3.15 bits per heavy atom. The molecule has 1 aromatic rings. The SMILES string of the molecule is C=CCCOCc1ccnc(Cl)c1. The van der Waals surface area contributed by atoms with E-state index in [2.05, 4.69) is 11.6 Å². The van der Waals surface area contributed by atoms with Crippen LogP contribution in [0.3, 0.4) is 0 Å². The van der Waals surface area contributed by atoms with Gasteiger partial charge < -0.3 is 4.74 Å². The van der Waals surface area contributed by atoms with E-state index in [0.717, 1.165) is 12.0 Å². The predicted molar refractivity (Wildman–Crippen MR) is 53.7 cm³/mol. The van der Waals surface area contributed by atoms with Gasteiger partial charge in [-0.15, -0.1) is 6.58 Å². The van der Waals surface area contributed by atoms with Gasteiger partial charge in [0.25, 0.3) is 0 Å². The fraction of sp³-hybridized carbons (Fsp3) is 0.300. The molecule has 0 spiro atoms. The molecule has 0 aliphatic carbocycles. The third-order valence-corrected chi connectivity index (χ3v) is 1.73. The Bertz CT molecular complexity index is 275. The zero-order chi connectivity index (χ0) is 9.52. The Hall–Kier alpha value is -0.860. The molecule has 0 N–H and O–H groups in total. The van der Waals surface area contributed by atoms with Gasteiger partial charge in [-0.3, -0.25) is 0 Å². The van der Waals surface area contributed by atoms with Gasteiger partial charge in [0.15, 0.2) is 0 Å². The number of rotatable bonds is 5. The van der Waals surface area contributed by atoms with E-state index in [1.165, 1.54) is 0 Å². The molecule has 3 heteroatoms. The van der Waals surface area contributed by atoms with Crippen LogP contribution >= 0.6 is 11.6 Å². The van der Waals surface area contributed by atoms with Crippen LogP contribution in [0.4, 0.5) is 0 Å². The minimum atomic E-state index is 0.504. The summed E-state index contributed by atoms with van der Waals surface area (Å²) in [5.41, 5.74) is 1.05. The van der Waals surface area contributed by atoms with Crippen LogP contribution in [0.15, 0.2) is 31.0 Å². The van der Waals surface area contributed by atoms with Crippen molar-refractivity contribution in [3.05, 3.63) is 41.7 Å². The largest absolute Gasteiger partial charge is 0.376 e. The van der Waals surface area contributed by atoms with E-state index in [1.807, 2.05) is 12.1 Å². The molecule has 0 unspecified atom stereocenters. The Labute approximate surface area is 83.2 Å².